The molecule has 1 N–H and O–H groups in total. The van der Waals surface area contributed by atoms with Crippen LogP contribution in [-0.4, -0.2) is 40.5 Å². The van der Waals surface area contributed by atoms with E-state index in [1.54, 1.807) is 6.07 Å². The summed E-state index contributed by atoms with van der Waals surface area (Å²) in [5, 5.41) is 4.32. The summed E-state index contributed by atoms with van der Waals surface area (Å²) in [5.41, 5.74) is -1.83. The summed E-state index contributed by atoms with van der Waals surface area (Å²) in [6.45, 7) is 0. The van der Waals surface area contributed by atoms with E-state index in [0.29, 0.717) is 4.68 Å². The van der Waals surface area contributed by atoms with E-state index in [-0.39, 0.29) is 49.6 Å². The van der Waals surface area contributed by atoms with Crippen LogP contribution in [0.3, 0.4) is 0 Å². The summed E-state index contributed by atoms with van der Waals surface area (Å²) in [5.74, 6) is -1.38. The molecule has 0 radical (unpaired) electrons. The summed E-state index contributed by atoms with van der Waals surface area (Å²) in [7, 11) is 0. The van der Waals surface area contributed by atoms with Gasteiger partial charge >= 0.3 is 6.18 Å². The Bertz CT molecular complexity index is 1870. The molecular weight excluding hydrogens is 526 g/mol. The van der Waals surface area contributed by atoms with Gasteiger partial charge in [0.15, 0.2) is 17.3 Å². The molecule has 5 heterocycles. The minimum Gasteiger partial charge on any atom is -0.345 e. The molecule has 0 bridgehead atoms. The highest BCUT2D eigenvalue weighted by molar-refractivity contribution is 6.34. The number of benzene rings is 1. The molecule has 0 spiro atoms. The predicted molar refractivity (Wildman–Crippen MR) is 129 cm³/mol. The normalized spacial score (nSPS) is 11.9. The van der Waals surface area contributed by atoms with Gasteiger partial charge in [0.05, 0.1) is 28.7 Å². The van der Waals surface area contributed by atoms with Crippen molar-refractivity contribution in [2.24, 2.45) is 0 Å². The molecule has 0 aliphatic rings. The number of ketones is 1. The Morgan fingerprint density at radius 3 is 2.53 bits per heavy atom. The number of carbonyl (C=O) groups is 1. The van der Waals surface area contributed by atoms with Crippen molar-refractivity contribution >= 4 is 39.2 Å². The number of nitrogens with one attached hydrogen (secondary N) is 1. The minimum absolute atomic E-state index is 0.0112. The van der Waals surface area contributed by atoms with Gasteiger partial charge < -0.3 is 4.98 Å². The van der Waals surface area contributed by atoms with Crippen LogP contribution >= 0.6 is 11.6 Å². The van der Waals surface area contributed by atoms with Gasteiger partial charge in [-0.2, -0.15) is 18.3 Å². The number of hydrogen-bond acceptors (Lipinski definition) is 6. The van der Waals surface area contributed by atoms with Crippen LogP contribution in [0.2, 0.25) is 5.02 Å². The highest BCUT2D eigenvalue weighted by Crippen LogP contribution is 2.37. The first-order valence-corrected chi connectivity index (χ1v) is 11.3. The molecule has 0 aliphatic carbocycles. The fourth-order valence-corrected chi connectivity index (χ4v) is 4.45. The molecule has 0 unspecified atom stereocenters. The fraction of sp³-hybridized carbons (Fsp3) is 0.0400. The number of hydrogen-bond donors (Lipinski definition) is 1. The first-order valence-electron chi connectivity index (χ1n) is 10.9. The third-order valence-corrected chi connectivity index (χ3v) is 6.17. The molecule has 0 amide bonds. The van der Waals surface area contributed by atoms with Crippen molar-refractivity contribution in [1.82, 2.24) is 34.7 Å². The third-order valence-electron chi connectivity index (χ3n) is 5.88. The summed E-state index contributed by atoms with van der Waals surface area (Å²) < 4.78 is 57.9. The second-order valence-electron chi connectivity index (χ2n) is 8.13. The van der Waals surface area contributed by atoms with Crippen molar-refractivity contribution in [1.29, 1.82) is 0 Å². The number of rotatable bonds is 4. The zero-order valence-electron chi connectivity index (χ0n) is 18.8. The molecule has 0 aliphatic heterocycles. The van der Waals surface area contributed by atoms with Crippen LogP contribution in [0.5, 0.6) is 0 Å². The Labute approximate surface area is 215 Å². The van der Waals surface area contributed by atoms with Gasteiger partial charge in [0.1, 0.15) is 17.2 Å². The van der Waals surface area contributed by atoms with E-state index in [0.717, 1.165) is 12.4 Å². The van der Waals surface area contributed by atoms with Gasteiger partial charge in [0.2, 0.25) is 0 Å². The van der Waals surface area contributed by atoms with E-state index < -0.39 is 29.0 Å². The second-order valence-corrected chi connectivity index (χ2v) is 8.54. The zero-order valence-corrected chi connectivity index (χ0v) is 19.6. The molecule has 0 fully saturated rings. The van der Waals surface area contributed by atoms with E-state index in [4.69, 9.17) is 11.6 Å². The van der Waals surface area contributed by atoms with Gasteiger partial charge in [-0.15, -0.1) is 0 Å². The van der Waals surface area contributed by atoms with E-state index in [9.17, 15) is 22.4 Å². The monoisotopic (exact) mass is 537 g/mol. The number of H-pyrrole nitrogens is 1. The number of carbonyl (C=O) groups excluding carboxylic acids is 1. The average molecular weight is 538 g/mol. The number of halogens is 5. The number of fused-ring (bicyclic) bond motifs is 2. The maximum absolute atomic E-state index is 14.4. The van der Waals surface area contributed by atoms with Crippen molar-refractivity contribution in [3.05, 3.63) is 95.2 Å². The standard InChI is InChI=1S/C25H12ClF4N7O/c26-17-7-13-15(9-34-23(13)36-20(17)24-32-5-2-6-33-24)21(38)16-10-35-37(22(16)25(28,29)30)19-11-31-8-14-12(19)3-1-4-18(14)27/h1-11H,(H,34,36). The van der Waals surface area contributed by atoms with Crippen LogP contribution in [0, 0.1) is 5.82 Å². The molecule has 0 saturated carbocycles. The molecular formula is C25H12ClF4N7O. The zero-order chi connectivity index (χ0) is 26.6. The van der Waals surface area contributed by atoms with Crippen molar-refractivity contribution in [3.8, 4) is 17.2 Å². The van der Waals surface area contributed by atoms with Gasteiger partial charge in [-0.25, -0.2) is 24.0 Å². The Morgan fingerprint density at radius 1 is 0.974 bits per heavy atom. The number of pyridine rings is 2. The highest BCUT2D eigenvalue weighted by atomic mass is 35.5. The molecule has 38 heavy (non-hydrogen) atoms. The lowest BCUT2D eigenvalue weighted by atomic mass is 10.0. The average Bonchev–Trinajstić information content (AvgIpc) is 3.53. The van der Waals surface area contributed by atoms with Crippen molar-refractivity contribution in [2.75, 3.05) is 0 Å². The summed E-state index contributed by atoms with van der Waals surface area (Å²) in [4.78, 5) is 32.7. The Balaban J connectivity index is 1.50. The SMILES string of the molecule is O=C(c1cnn(-c2cncc3c(F)cccc23)c1C(F)(F)F)c1c[nH]c2nc(-c3ncccn3)c(Cl)cc12. The van der Waals surface area contributed by atoms with Crippen LogP contribution < -0.4 is 0 Å². The lowest BCUT2D eigenvalue weighted by molar-refractivity contribution is -0.143. The van der Waals surface area contributed by atoms with Crippen LogP contribution in [0.15, 0.2) is 67.5 Å². The summed E-state index contributed by atoms with van der Waals surface area (Å²) in [6.07, 6.45) is 2.42. The molecule has 0 saturated heterocycles. The summed E-state index contributed by atoms with van der Waals surface area (Å²) in [6, 6.07) is 7.00. The van der Waals surface area contributed by atoms with Gasteiger partial charge in [-0.05, 0) is 18.2 Å². The summed E-state index contributed by atoms with van der Waals surface area (Å²) >= 11 is 6.37. The van der Waals surface area contributed by atoms with Crippen molar-refractivity contribution in [2.45, 2.75) is 6.18 Å². The predicted octanol–water partition coefficient (Wildman–Crippen LogP) is 5.80. The quantitative estimate of drug-likeness (QED) is 0.225. The largest absolute Gasteiger partial charge is 0.434 e. The molecule has 188 valence electrons. The van der Waals surface area contributed by atoms with E-state index in [1.165, 1.54) is 49.1 Å². The van der Waals surface area contributed by atoms with E-state index in [1.807, 2.05) is 0 Å². The molecule has 6 aromatic rings. The molecule has 13 heteroatoms. The second kappa shape index (κ2) is 8.70. The number of aromatic nitrogens is 7. The topological polar surface area (TPSA) is 102 Å². The molecule has 1 aromatic carbocycles. The molecule has 6 rings (SSSR count). The fourth-order valence-electron chi connectivity index (χ4n) is 4.22. The van der Waals surface area contributed by atoms with Crippen LogP contribution in [0.1, 0.15) is 21.6 Å². The third kappa shape index (κ3) is 3.77. The Hall–Kier alpha value is -4.71. The van der Waals surface area contributed by atoms with E-state index >= 15 is 0 Å². The van der Waals surface area contributed by atoms with Gasteiger partial charge in [-0.3, -0.25) is 9.78 Å². The Kier molecular flexibility index (Phi) is 5.42. The van der Waals surface area contributed by atoms with Crippen LogP contribution in [-0.2, 0) is 6.18 Å². The lowest BCUT2D eigenvalue weighted by Gasteiger charge is -2.14. The number of alkyl halides is 3. The highest BCUT2D eigenvalue weighted by Gasteiger charge is 2.41. The van der Waals surface area contributed by atoms with E-state index in [2.05, 4.69) is 30.0 Å². The maximum Gasteiger partial charge on any atom is 0.434 e. The molecule has 0 atom stereocenters. The molecule has 8 nitrogen and oxygen atoms in total. The van der Waals surface area contributed by atoms with Crippen LogP contribution in [0.25, 0.3) is 39.0 Å². The van der Waals surface area contributed by atoms with Crippen molar-refractivity contribution in [3.63, 3.8) is 0 Å². The Morgan fingerprint density at radius 2 is 1.76 bits per heavy atom. The minimum atomic E-state index is -4.99. The van der Waals surface area contributed by atoms with Crippen LogP contribution in [0.4, 0.5) is 17.6 Å². The van der Waals surface area contributed by atoms with Gasteiger partial charge in [0.25, 0.3) is 0 Å². The molecule has 5 aromatic heterocycles. The lowest BCUT2D eigenvalue weighted by Crippen LogP contribution is -2.18. The number of nitrogens with zero attached hydrogens (tertiary/aromatic N) is 6. The van der Waals surface area contributed by atoms with Gasteiger partial charge in [0, 0.05) is 46.5 Å². The first-order chi connectivity index (χ1) is 18.2. The van der Waals surface area contributed by atoms with Gasteiger partial charge in [-0.1, -0.05) is 23.7 Å². The van der Waals surface area contributed by atoms with Crippen molar-refractivity contribution < 1.29 is 22.4 Å². The smallest absolute Gasteiger partial charge is 0.345 e. The maximum atomic E-state index is 14.4. The first kappa shape index (κ1) is 23.7. The number of aromatic amines is 1.